The monoisotopic (exact) mass is 304 g/mol. The molecule has 3 unspecified atom stereocenters. The van der Waals surface area contributed by atoms with Crippen LogP contribution in [-0.2, 0) is 4.74 Å². The molecule has 0 aliphatic carbocycles. The highest BCUT2D eigenvalue weighted by molar-refractivity contribution is 5.42. The van der Waals surface area contributed by atoms with Crippen LogP contribution in [0.3, 0.4) is 0 Å². The number of morpholine rings is 1. The Morgan fingerprint density at radius 1 is 1.55 bits per heavy atom. The lowest BCUT2D eigenvalue weighted by molar-refractivity contribution is -0.0796. The van der Waals surface area contributed by atoms with E-state index in [-0.39, 0.29) is 12.1 Å². The summed E-state index contributed by atoms with van der Waals surface area (Å²) in [5, 5.41) is 22.9. The standard InChI is InChI=1S/C15H20N4O3/c1-21-15-2-13(18-4-10(15)3-16)14(20)7-19-11-5-17-6-12(19)9-22-8-11/h2,4,11-12,14,17,20H,5-9H2,1H3. The molecule has 22 heavy (non-hydrogen) atoms. The number of ether oxygens (including phenoxy) is 2. The molecule has 118 valence electrons. The normalized spacial score (nSPS) is 26.2. The fraction of sp³-hybridized carbons (Fsp3) is 0.600. The molecule has 7 heteroatoms. The van der Waals surface area contributed by atoms with E-state index in [0.29, 0.717) is 36.8 Å². The number of nitriles is 1. The average Bonchev–Trinajstić information content (AvgIpc) is 2.54. The predicted molar refractivity (Wildman–Crippen MR) is 78.4 cm³/mol. The number of piperazine rings is 1. The molecule has 3 rings (SSSR count). The van der Waals surface area contributed by atoms with Crippen molar-refractivity contribution in [3.05, 3.63) is 23.5 Å². The van der Waals surface area contributed by atoms with Crippen LogP contribution in [0.5, 0.6) is 5.75 Å². The van der Waals surface area contributed by atoms with Crippen LogP contribution < -0.4 is 10.1 Å². The molecule has 2 bridgehead atoms. The summed E-state index contributed by atoms with van der Waals surface area (Å²) in [6.45, 7) is 3.60. The lowest BCUT2D eigenvalue weighted by Crippen LogP contribution is -2.64. The number of rotatable bonds is 4. The Morgan fingerprint density at radius 3 is 2.91 bits per heavy atom. The highest BCUT2D eigenvalue weighted by Gasteiger charge is 2.35. The van der Waals surface area contributed by atoms with Crippen molar-refractivity contribution in [2.45, 2.75) is 18.2 Å². The van der Waals surface area contributed by atoms with Crippen LogP contribution in [-0.4, -0.2) is 67.0 Å². The third-order valence-corrected chi connectivity index (χ3v) is 4.27. The molecule has 0 saturated carbocycles. The zero-order valence-corrected chi connectivity index (χ0v) is 12.5. The summed E-state index contributed by atoms with van der Waals surface area (Å²) in [4.78, 5) is 6.48. The van der Waals surface area contributed by atoms with Crippen LogP contribution in [0.15, 0.2) is 12.3 Å². The molecule has 2 N–H and O–H groups in total. The van der Waals surface area contributed by atoms with E-state index in [9.17, 15) is 5.11 Å². The second-order valence-corrected chi connectivity index (χ2v) is 5.64. The van der Waals surface area contributed by atoms with Crippen molar-refractivity contribution in [2.75, 3.05) is 40.0 Å². The first-order chi connectivity index (χ1) is 10.7. The van der Waals surface area contributed by atoms with Crippen molar-refractivity contribution < 1.29 is 14.6 Å². The zero-order valence-electron chi connectivity index (χ0n) is 12.5. The van der Waals surface area contributed by atoms with Crippen LogP contribution in [0.4, 0.5) is 0 Å². The minimum Gasteiger partial charge on any atom is -0.495 e. The van der Waals surface area contributed by atoms with E-state index in [0.717, 1.165) is 13.1 Å². The summed E-state index contributed by atoms with van der Waals surface area (Å²) in [6.07, 6.45) is 0.724. The number of aromatic nitrogens is 1. The number of methoxy groups -OCH3 is 1. The van der Waals surface area contributed by atoms with Gasteiger partial charge in [0.2, 0.25) is 0 Å². The number of hydrogen-bond acceptors (Lipinski definition) is 7. The van der Waals surface area contributed by atoms with Gasteiger partial charge in [-0.25, -0.2) is 0 Å². The number of fused-ring (bicyclic) bond motifs is 2. The van der Waals surface area contributed by atoms with Gasteiger partial charge in [-0.1, -0.05) is 0 Å². The number of nitrogens with zero attached hydrogens (tertiary/aromatic N) is 3. The lowest BCUT2D eigenvalue weighted by atomic mass is 10.0. The van der Waals surface area contributed by atoms with E-state index in [1.165, 1.54) is 13.3 Å². The van der Waals surface area contributed by atoms with Crippen molar-refractivity contribution in [3.8, 4) is 11.8 Å². The molecule has 0 amide bonds. The largest absolute Gasteiger partial charge is 0.495 e. The van der Waals surface area contributed by atoms with Gasteiger partial charge in [0.25, 0.3) is 0 Å². The quantitative estimate of drug-likeness (QED) is 0.787. The molecule has 1 aromatic rings. The van der Waals surface area contributed by atoms with Gasteiger partial charge in [-0.2, -0.15) is 5.26 Å². The Balaban J connectivity index is 1.74. The van der Waals surface area contributed by atoms with Crippen LogP contribution in [0.2, 0.25) is 0 Å². The number of nitrogens with one attached hydrogen (secondary N) is 1. The summed E-state index contributed by atoms with van der Waals surface area (Å²) in [5.41, 5.74) is 0.888. The molecule has 2 saturated heterocycles. The van der Waals surface area contributed by atoms with Crippen molar-refractivity contribution in [1.29, 1.82) is 5.26 Å². The summed E-state index contributed by atoms with van der Waals surface area (Å²) in [6, 6.07) is 4.22. The Morgan fingerprint density at radius 2 is 2.27 bits per heavy atom. The van der Waals surface area contributed by atoms with Crippen molar-refractivity contribution in [3.63, 3.8) is 0 Å². The zero-order chi connectivity index (χ0) is 15.5. The molecule has 3 atom stereocenters. The SMILES string of the molecule is COc1cc(C(O)CN2C3CNCC2COC3)ncc1C#N. The van der Waals surface area contributed by atoms with E-state index >= 15 is 0 Å². The fourth-order valence-electron chi connectivity index (χ4n) is 3.08. The molecule has 2 aliphatic rings. The highest BCUT2D eigenvalue weighted by Crippen LogP contribution is 2.24. The molecule has 2 fully saturated rings. The maximum absolute atomic E-state index is 10.5. The first-order valence-corrected chi connectivity index (χ1v) is 7.39. The number of aliphatic hydroxyl groups is 1. The number of pyridine rings is 1. The van der Waals surface area contributed by atoms with Crippen LogP contribution in [0, 0.1) is 11.3 Å². The van der Waals surface area contributed by atoms with Gasteiger partial charge in [0.05, 0.1) is 26.0 Å². The molecule has 2 aliphatic heterocycles. The average molecular weight is 304 g/mol. The summed E-state index contributed by atoms with van der Waals surface area (Å²) < 4.78 is 10.8. The summed E-state index contributed by atoms with van der Waals surface area (Å²) >= 11 is 0. The summed E-state index contributed by atoms with van der Waals surface area (Å²) in [5.74, 6) is 0.440. The van der Waals surface area contributed by atoms with Crippen molar-refractivity contribution in [2.24, 2.45) is 0 Å². The lowest BCUT2D eigenvalue weighted by Gasteiger charge is -2.46. The van der Waals surface area contributed by atoms with E-state index in [2.05, 4.69) is 15.2 Å². The summed E-state index contributed by atoms with van der Waals surface area (Å²) in [7, 11) is 1.50. The minimum absolute atomic E-state index is 0.280. The van der Waals surface area contributed by atoms with E-state index in [1.807, 2.05) is 6.07 Å². The molecule has 0 aromatic carbocycles. The third-order valence-electron chi connectivity index (χ3n) is 4.27. The first-order valence-electron chi connectivity index (χ1n) is 7.39. The Hall–Kier alpha value is -1.72. The first kappa shape index (κ1) is 15.2. The number of hydrogen-bond donors (Lipinski definition) is 2. The Labute approximate surface area is 129 Å². The molecular weight excluding hydrogens is 284 g/mol. The molecule has 1 aromatic heterocycles. The van der Waals surface area contributed by atoms with Gasteiger partial charge in [0, 0.05) is 44.0 Å². The van der Waals surface area contributed by atoms with Crippen molar-refractivity contribution in [1.82, 2.24) is 15.2 Å². The van der Waals surface area contributed by atoms with Gasteiger partial charge in [-0.05, 0) is 0 Å². The van der Waals surface area contributed by atoms with Gasteiger partial charge in [0.15, 0.2) is 0 Å². The smallest absolute Gasteiger partial charge is 0.140 e. The molecule has 3 heterocycles. The number of aliphatic hydroxyl groups excluding tert-OH is 1. The van der Waals surface area contributed by atoms with Gasteiger partial charge < -0.3 is 19.9 Å². The topological polar surface area (TPSA) is 90.6 Å². The third kappa shape index (κ3) is 2.91. The molecule has 0 radical (unpaired) electrons. The van der Waals surface area contributed by atoms with E-state index in [1.54, 1.807) is 6.07 Å². The maximum Gasteiger partial charge on any atom is 0.140 e. The molecular formula is C15H20N4O3. The van der Waals surface area contributed by atoms with Crippen molar-refractivity contribution >= 4 is 0 Å². The van der Waals surface area contributed by atoms with E-state index < -0.39 is 6.10 Å². The predicted octanol–water partition coefficient (Wildman–Crippen LogP) is -0.332. The molecule has 7 nitrogen and oxygen atoms in total. The molecule has 0 spiro atoms. The van der Waals surface area contributed by atoms with Crippen LogP contribution in [0.1, 0.15) is 17.4 Å². The minimum atomic E-state index is -0.720. The van der Waals surface area contributed by atoms with Gasteiger partial charge in [-0.3, -0.25) is 9.88 Å². The fourth-order valence-corrected chi connectivity index (χ4v) is 3.08. The van der Waals surface area contributed by atoms with Crippen LogP contribution in [0.25, 0.3) is 0 Å². The second-order valence-electron chi connectivity index (χ2n) is 5.64. The Kier molecular flexibility index (Phi) is 4.55. The van der Waals surface area contributed by atoms with Crippen LogP contribution >= 0.6 is 0 Å². The highest BCUT2D eigenvalue weighted by atomic mass is 16.5. The second kappa shape index (κ2) is 6.58. The van der Waals surface area contributed by atoms with E-state index in [4.69, 9.17) is 14.7 Å². The van der Waals surface area contributed by atoms with Gasteiger partial charge in [0.1, 0.15) is 23.5 Å². The Bertz CT molecular complexity index is 552. The van der Waals surface area contributed by atoms with Gasteiger partial charge >= 0.3 is 0 Å². The van der Waals surface area contributed by atoms with Gasteiger partial charge in [-0.15, -0.1) is 0 Å². The maximum atomic E-state index is 10.5.